The van der Waals surface area contributed by atoms with Crippen LogP contribution in [0, 0.1) is 0 Å². The van der Waals surface area contributed by atoms with Gasteiger partial charge in [-0.1, -0.05) is 219 Å². The summed E-state index contributed by atoms with van der Waals surface area (Å²) in [5.41, 5.74) is 0. The second kappa shape index (κ2) is 58.4. The number of rotatable bonds is 51. The zero-order chi connectivity index (χ0) is 51.4. The number of unbranched alkanes of at least 4 members (excludes halogenated alkanes) is 20. The van der Waals surface area contributed by atoms with E-state index in [0.717, 1.165) is 135 Å². The Labute approximate surface area is 437 Å². The Kier molecular flexibility index (Phi) is 54.9. The van der Waals surface area contributed by atoms with Gasteiger partial charge in [-0.25, -0.2) is 0 Å². The van der Waals surface area contributed by atoms with E-state index in [0.29, 0.717) is 12.8 Å². The highest BCUT2D eigenvalue weighted by molar-refractivity contribution is 5.71. The summed E-state index contributed by atoms with van der Waals surface area (Å²) in [7, 11) is 0. The van der Waals surface area contributed by atoms with Crippen LogP contribution >= 0.6 is 0 Å². The second-order valence-corrected chi connectivity index (χ2v) is 18.8. The first-order chi connectivity index (χ1) is 35.0. The first kappa shape index (κ1) is 66.8. The minimum absolute atomic E-state index is 0.105. The van der Waals surface area contributed by atoms with Crippen molar-refractivity contribution >= 4 is 17.9 Å². The van der Waals surface area contributed by atoms with E-state index in [1.165, 1.54) is 77.0 Å². The van der Waals surface area contributed by atoms with Gasteiger partial charge in [-0.15, -0.1) is 0 Å². The Bertz CT molecular complexity index is 1500. The molecule has 0 aliphatic rings. The van der Waals surface area contributed by atoms with Crippen molar-refractivity contribution in [3.8, 4) is 0 Å². The summed E-state index contributed by atoms with van der Waals surface area (Å²) >= 11 is 0. The van der Waals surface area contributed by atoms with Crippen LogP contribution in [0.5, 0.6) is 0 Å². The van der Waals surface area contributed by atoms with Gasteiger partial charge in [-0.3, -0.25) is 14.4 Å². The fraction of sp³-hybridized carbons (Fsp3) is 0.646. The molecule has 71 heavy (non-hydrogen) atoms. The second-order valence-electron chi connectivity index (χ2n) is 18.8. The molecule has 0 bridgehead atoms. The van der Waals surface area contributed by atoms with E-state index >= 15 is 0 Å². The molecule has 6 nitrogen and oxygen atoms in total. The maximum atomic E-state index is 12.9. The van der Waals surface area contributed by atoms with Crippen LogP contribution in [0.15, 0.2) is 122 Å². The predicted molar refractivity (Wildman–Crippen MR) is 306 cm³/mol. The number of allylic oxidation sites excluding steroid dienone is 20. The smallest absolute Gasteiger partial charge is 0.306 e. The molecule has 0 fully saturated rings. The van der Waals surface area contributed by atoms with Gasteiger partial charge >= 0.3 is 17.9 Å². The van der Waals surface area contributed by atoms with E-state index in [2.05, 4.69) is 142 Å². The quantitative estimate of drug-likeness (QED) is 0.0261. The Morgan fingerprint density at radius 3 is 0.873 bits per heavy atom. The van der Waals surface area contributed by atoms with Gasteiger partial charge in [0.1, 0.15) is 13.2 Å². The monoisotopic (exact) mass is 983 g/mol. The summed E-state index contributed by atoms with van der Waals surface area (Å²) in [5, 5.41) is 0. The zero-order valence-electron chi connectivity index (χ0n) is 45.9. The third-order valence-electron chi connectivity index (χ3n) is 11.9. The van der Waals surface area contributed by atoms with E-state index in [1.807, 2.05) is 0 Å². The molecule has 1 atom stereocenters. The summed E-state index contributed by atoms with van der Waals surface area (Å²) in [6, 6.07) is 0. The molecule has 0 aromatic rings. The minimum atomic E-state index is -0.811. The molecule has 0 aliphatic carbocycles. The highest BCUT2D eigenvalue weighted by Gasteiger charge is 2.19. The Hall–Kier alpha value is -4.19. The summed E-state index contributed by atoms with van der Waals surface area (Å²) in [4.78, 5) is 38.2. The van der Waals surface area contributed by atoms with Crippen molar-refractivity contribution in [2.24, 2.45) is 0 Å². The van der Waals surface area contributed by atoms with Gasteiger partial charge in [-0.2, -0.15) is 0 Å². The molecule has 402 valence electrons. The van der Waals surface area contributed by atoms with E-state index in [1.54, 1.807) is 0 Å². The summed E-state index contributed by atoms with van der Waals surface area (Å²) in [5.74, 6) is -0.969. The molecule has 0 heterocycles. The van der Waals surface area contributed by atoms with Crippen LogP contribution < -0.4 is 0 Å². The molecular weight excluding hydrogens is 877 g/mol. The summed E-state index contributed by atoms with van der Waals surface area (Å²) < 4.78 is 16.8. The Balaban J connectivity index is 4.52. The van der Waals surface area contributed by atoms with E-state index in [4.69, 9.17) is 14.2 Å². The van der Waals surface area contributed by atoms with Crippen LogP contribution in [0.4, 0.5) is 0 Å². The van der Waals surface area contributed by atoms with Crippen LogP contribution in [0.25, 0.3) is 0 Å². The van der Waals surface area contributed by atoms with Crippen molar-refractivity contribution in [2.75, 3.05) is 13.2 Å². The lowest BCUT2D eigenvalue weighted by Gasteiger charge is -2.18. The van der Waals surface area contributed by atoms with Gasteiger partial charge in [0.25, 0.3) is 0 Å². The standard InChI is InChI=1S/C65H106O6/c1-4-7-10-13-16-19-22-25-28-31-32-35-37-40-43-46-49-52-55-58-64(67)70-61-62(71-65(68)59-56-53-50-47-44-41-38-34-30-27-24-21-18-15-12-9-6-3)60-69-63(66)57-54-51-48-45-42-39-36-33-29-26-23-20-17-14-11-8-5-2/h7,10,16-21,25-30,32,35,38,40-41,43,62H,4-6,8-9,11-15,22-24,31,33-34,36-37,39,42,44-61H2,1-3H3/b10-7+,19-16+,20-17+,21-18+,28-25+,29-26+,30-27+,35-32+,41-38+,43-40+/t62-/m1/s1. The number of carbonyl (C=O) groups is 3. The molecule has 0 aliphatic heterocycles. The van der Waals surface area contributed by atoms with Crippen LogP contribution in [0.3, 0.4) is 0 Å². The van der Waals surface area contributed by atoms with Gasteiger partial charge in [-0.05, 0) is 135 Å². The van der Waals surface area contributed by atoms with Crippen LogP contribution in [0.2, 0.25) is 0 Å². The number of esters is 3. The third-order valence-corrected chi connectivity index (χ3v) is 11.9. The Morgan fingerprint density at radius 2 is 0.549 bits per heavy atom. The average molecular weight is 984 g/mol. The summed E-state index contributed by atoms with van der Waals surface area (Å²) in [6.07, 6.45) is 80.4. The first-order valence-electron chi connectivity index (χ1n) is 29.0. The molecular formula is C65H106O6. The highest BCUT2D eigenvalue weighted by atomic mass is 16.6. The number of carbonyl (C=O) groups excluding carboxylic acids is 3. The summed E-state index contributed by atoms with van der Waals surface area (Å²) in [6.45, 7) is 6.42. The lowest BCUT2D eigenvalue weighted by molar-refractivity contribution is -0.167. The van der Waals surface area contributed by atoms with Crippen molar-refractivity contribution in [1.82, 2.24) is 0 Å². The molecule has 0 unspecified atom stereocenters. The number of hydrogen-bond donors (Lipinski definition) is 0. The molecule has 0 aromatic carbocycles. The predicted octanol–water partition coefficient (Wildman–Crippen LogP) is 19.6. The van der Waals surface area contributed by atoms with Crippen molar-refractivity contribution in [2.45, 2.75) is 258 Å². The van der Waals surface area contributed by atoms with E-state index in [-0.39, 0.29) is 37.5 Å². The number of ether oxygens (including phenoxy) is 3. The van der Waals surface area contributed by atoms with Crippen LogP contribution in [-0.2, 0) is 28.6 Å². The first-order valence-corrected chi connectivity index (χ1v) is 29.0. The highest BCUT2D eigenvalue weighted by Crippen LogP contribution is 2.13. The zero-order valence-corrected chi connectivity index (χ0v) is 45.9. The molecule has 0 rings (SSSR count). The average Bonchev–Trinajstić information content (AvgIpc) is 3.37. The molecule has 0 radical (unpaired) electrons. The maximum Gasteiger partial charge on any atom is 0.306 e. The maximum absolute atomic E-state index is 12.9. The molecule has 0 aromatic heterocycles. The molecule has 0 N–H and O–H groups in total. The SMILES string of the molecule is CC/C=C/C/C=C/C/C=C/C/C=C/C/C=C/CCCCCC(=O)OC[C@@H](COC(=O)CCCCCCCCC/C=C/C/C=C/CCCCC)OC(=O)CCCCCC/C=C/C/C=C/C/C=C/CCCCC. The Morgan fingerprint density at radius 1 is 0.296 bits per heavy atom. The lowest BCUT2D eigenvalue weighted by atomic mass is 10.1. The van der Waals surface area contributed by atoms with Crippen LogP contribution in [0.1, 0.15) is 252 Å². The fourth-order valence-electron chi connectivity index (χ4n) is 7.56. The normalized spacial score (nSPS) is 13.0. The molecule has 0 amide bonds. The van der Waals surface area contributed by atoms with Crippen LogP contribution in [-0.4, -0.2) is 37.2 Å². The van der Waals surface area contributed by atoms with E-state index < -0.39 is 6.10 Å². The fourth-order valence-corrected chi connectivity index (χ4v) is 7.56. The van der Waals surface area contributed by atoms with Crippen molar-refractivity contribution < 1.29 is 28.6 Å². The minimum Gasteiger partial charge on any atom is -0.462 e. The van der Waals surface area contributed by atoms with Gasteiger partial charge < -0.3 is 14.2 Å². The molecule has 0 saturated heterocycles. The van der Waals surface area contributed by atoms with Crippen molar-refractivity contribution in [3.63, 3.8) is 0 Å². The van der Waals surface area contributed by atoms with Gasteiger partial charge in [0.15, 0.2) is 6.10 Å². The number of hydrogen-bond acceptors (Lipinski definition) is 6. The lowest BCUT2D eigenvalue weighted by Crippen LogP contribution is -2.30. The van der Waals surface area contributed by atoms with E-state index in [9.17, 15) is 14.4 Å². The largest absolute Gasteiger partial charge is 0.462 e. The topological polar surface area (TPSA) is 78.9 Å². The van der Waals surface area contributed by atoms with Crippen molar-refractivity contribution in [3.05, 3.63) is 122 Å². The molecule has 6 heteroatoms. The third kappa shape index (κ3) is 56.6. The van der Waals surface area contributed by atoms with Gasteiger partial charge in [0.2, 0.25) is 0 Å². The molecule has 0 spiro atoms. The van der Waals surface area contributed by atoms with Gasteiger partial charge in [0, 0.05) is 19.3 Å². The van der Waals surface area contributed by atoms with Gasteiger partial charge in [0.05, 0.1) is 0 Å². The van der Waals surface area contributed by atoms with Crippen molar-refractivity contribution in [1.29, 1.82) is 0 Å². The molecule has 0 saturated carbocycles.